The minimum Gasteiger partial charge on any atom is -0.478 e. The van der Waals surface area contributed by atoms with Gasteiger partial charge in [-0.25, -0.2) is 9.78 Å². The Kier molecular flexibility index (Phi) is 9.26. The molecule has 1 aliphatic carbocycles. The van der Waals surface area contributed by atoms with E-state index in [0.717, 1.165) is 81.2 Å². The monoisotopic (exact) mass is 608 g/mol. The highest BCUT2D eigenvalue weighted by atomic mass is 35.5. The molecular formula is C33H41ClN4O3S. The van der Waals surface area contributed by atoms with Crippen LogP contribution in [-0.4, -0.2) is 39.3 Å². The minimum absolute atomic E-state index is 0.285. The third-order valence-corrected chi connectivity index (χ3v) is 9.84. The standard InChI is InChI=1S/C31H35ClN4O3S.C2H6/c1-5-21-13-20(12-18(4)36(21)31-34-25-11-17(3)22(30(37)38)14-26(25)40-31)33-15-23-28(35-39-29(23)19-9-10-19)27-16(2)7-6-8-24(27)32;1-2/h6-8,11,14,18-21,33H,5,9-10,12-13,15H2,1-4H3,(H,37,38);1-2H3. The summed E-state index contributed by atoms with van der Waals surface area (Å²) in [5.74, 6) is 0.561. The molecule has 9 heteroatoms. The van der Waals surface area contributed by atoms with E-state index in [9.17, 15) is 9.90 Å². The quantitative estimate of drug-likeness (QED) is 0.207. The van der Waals surface area contributed by atoms with Crippen molar-refractivity contribution in [1.82, 2.24) is 15.5 Å². The number of rotatable bonds is 8. The molecule has 0 spiro atoms. The number of carbonyl (C=O) groups is 1. The fourth-order valence-electron chi connectivity index (χ4n) is 6.24. The molecule has 1 saturated carbocycles. The Morgan fingerprint density at radius 2 is 1.95 bits per heavy atom. The van der Waals surface area contributed by atoms with Gasteiger partial charge in [-0.3, -0.25) is 0 Å². The van der Waals surface area contributed by atoms with Gasteiger partial charge in [0.2, 0.25) is 0 Å². The fraction of sp³-hybridized carbons (Fsp3) is 0.485. The molecule has 0 bridgehead atoms. The van der Waals surface area contributed by atoms with Crippen LogP contribution >= 0.6 is 22.9 Å². The second-order valence-corrected chi connectivity index (χ2v) is 12.8. The summed E-state index contributed by atoms with van der Waals surface area (Å²) >= 11 is 8.23. The van der Waals surface area contributed by atoms with Crippen LogP contribution in [0.3, 0.4) is 0 Å². The zero-order chi connectivity index (χ0) is 30.1. The zero-order valence-corrected chi connectivity index (χ0v) is 26.9. The number of carboxylic acid groups (broad SMARTS) is 1. The normalized spacial score (nSPS) is 20.5. The number of anilines is 1. The predicted octanol–water partition coefficient (Wildman–Crippen LogP) is 8.75. The Bertz CT molecular complexity index is 1560. The summed E-state index contributed by atoms with van der Waals surface area (Å²) in [4.78, 5) is 19.1. The Morgan fingerprint density at radius 3 is 2.62 bits per heavy atom. The van der Waals surface area contributed by atoms with Crippen molar-refractivity contribution in [2.75, 3.05) is 4.90 Å². The molecular weight excluding hydrogens is 568 g/mol. The zero-order valence-electron chi connectivity index (χ0n) is 25.3. The number of aromatic carboxylic acids is 1. The Hall–Kier alpha value is -2.94. The van der Waals surface area contributed by atoms with Crippen molar-refractivity contribution < 1.29 is 14.4 Å². The summed E-state index contributed by atoms with van der Waals surface area (Å²) in [6.07, 6.45) is 5.28. The van der Waals surface area contributed by atoms with Gasteiger partial charge < -0.3 is 19.8 Å². The van der Waals surface area contributed by atoms with Gasteiger partial charge in [-0.1, -0.05) is 61.0 Å². The molecule has 224 valence electrons. The highest BCUT2D eigenvalue weighted by molar-refractivity contribution is 7.22. The molecule has 6 rings (SSSR count). The van der Waals surface area contributed by atoms with Crippen molar-refractivity contribution in [1.29, 1.82) is 0 Å². The van der Waals surface area contributed by atoms with Crippen LogP contribution in [0, 0.1) is 13.8 Å². The van der Waals surface area contributed by atoms with E-state index < -0.39 is 5.97 Å². The van der Waals surface area contributed by atoms with E-state index in [1.165, 1.54) is 0 Å². The maximum atomic E-state index is 11.7. The van der Waals surface area contributed by atoms with Gasteiger partial charge in [0.15, 0.2) is 5.13 Å². The van der Waals surface area contributed by atoms with Crippen LogP contribution in [0.25, 0.3) is 21.5 Å². The molecule has 2 aliphatic rings. The first-order chi connectivity index (χ1) is 20.2. The molecule has 7 nitrogen and oxygen atoms in total. The van der Waals surface area contributed by atoms with Gasteiger partial charge in [-0.05, 0) is 82.2 Å². The summed E-state index contributed by atoms with van der Waals surface area (Å²) in [5.41, 5.74) is 6.01. The fourth-order valence-corrected chi connectivity index (χ4v) is 7.71. The largest absolute Gasteiger partial charge is 0.478 e. The van der Waals surface area contributed by atoms with Crippen LogP contribution in [0.4, 0.5) is 5.13 Å². The molecule has 1 saturated heterocycles. The number of aryl methyl sites for hydroxylation is 2. The number of halogens is 1. The molecule has 3 unspecified atom stereocenters. The first kappa shape index (κ1) is 30.5. The average Bonchev–Trinajstić information content (AvgIpc) is 3.60. The molecule has 2 N–H and O–H groups in total. The maximum absolute atomic E-state index is 11.7. The van der Waals surface area contributed by atoms with E-state index >= 15 is 0 Å². The van der Waals surface area contributed by atoms with Gasteiger partial charge >= 0.3 is 5.97 Å². The molecule has 2 aromatic heterocycles. The van der Waals surface area contributed by atoms with Crippen LogP contribution < -0.4 is 10.2 Å². The molecule has 2 aromatic carbocycles. The van der Waals surface area contributed by atoms with Crippen LogP contribution in [0.2, 0.25) is 5.02 Å². The lowest BCUT2D eigenvalue weighted by Crippen LogP contribution is -2.53. The highest BCUT2D eigenvalue weighted by Crippen LogP contribution is 2.45. The second kappa shape index (κ2) is 12.7. The molecule has 3 heterocycles. The number of thiazole rings is 1. The number of nitrogens with one attached hydrogen (secondary N) is 1. The number of benzene rings is 2. The van der Waals surface area contributed by atoms with Crippen molar-refractivity contribution >= 4 is 44.3 Å². The van der Waals surface area contributed by atoms with Gasteiger partial charge in [-0.15, -0.1) is 0 Å². The van der Waals surface area contributed by atoms with Crippen LogP contribution in [0.1, 0.15) is 98.5 Å². The summed E-state index contributed by atoms with van der Waals surface area (Å²) in [6.45, 7) is 13.1. The van der Waals surface area contributed by atoms with Crippen LogP contribution in [0.15, 0.2) is 34.9 Å². The first-order valence-electron chi connectivity index (χ1n) is 15.1. The lowest BCUT2D eigenvalue weighted by atomic mass is 9.90. The third-order valence-electron chi connectivity index (χ3n) is 8.49. The molecule has 42 heavy (non-hydrogen) atoms. The van der Waals surface area contributed by atoms with E-state index in [-0.39, 0.29) is 6.04 Å². The van der Waals surface area contributed by atoms with Crippen molar-refractivity contribution in [3.05, 3.63) is 63.4 Å². The number of fused-ring (bicyclic) bond motifs is 1. The lowest BCUT2D eigenvalue weighted by Gasteiger charge is -2.44. The van der Waals surface area contributed by atoms with Crippen molar-refractivity contribution in [3.63, 3.8) is 0 Å². The summed E-state index contributed by atoms with van der Waals surface area (Å²) in [5, 5.41) is 19.6. The Morgan fingerprint density at radius 1 is 1.19 bits per heavy atom. The Labute approximate surface area is 257 Å². The highest BCUT2D eigenvalue weighted by Gasteiger charge is 2.36. The van der Waals surface area contributed by atoms with E-state index in [1.54, 1.807) is 17.4 Å². The van der Waals surface area contributed by atoms with Gasteiger partial charge in [0, 0.05) is 41.7 Å². The van der Waals surface area contributed by atoms with Gasteiger partial charge in [0.05, 0.1) is 20.8 Å². The molecule has 0 radical (unpaired) electrons. The van der Waals surface area contributed by atoms with Crippen molar-refractivity contribution in [2.24, 2.45) is 0 Å². The molecule has 1 aliphatic heterocycles. The number of hydrogen-bond acceptors (Lipinski definition) is 7. The van der Waals surface area contributed by atoms with E-state index in [0.29, 0.717) is 35.1 Å². The lowest BCUT2D eigenvalue weighted by molar-refractivity contribution is 0.0696. The summed E-state index contributed by atoms with van der Waals surface area (Å²) in [7, 11) is 0. The number of aromatic nitrogens is 2. The van der Waals surface area contributed by atoms with Crippen molar-refractivity contribution in [2.45, 2.75) is 104 Å². The maximum Gasteiger partial charge on any atom is 0.336 e. The smallest absolute Gasteiger partial charge is 0.336 e. The minimum atomic E-state index is -0.897. The number of nitrogens with zero attached hydrogens (tertiary/aromatic N) is 3. The Balaban J connectivity index is 0.00000173. The number of piperidine rings is 1. The van der Waals surface area contributed by atoms with Crippen molar-refractivity contribution in [3.8, 4) is 11.3 Å². The molecule has 0 amide bonds. The van der Waals surface area contributed by atoms with Gasteiger partial charge in [0.1, 0.15) is 11.5 Å². The van der Waals surface area contributed by atoms with E-state index in [1.807, 2.05) is 39.0 Å². The number of hydrogen-bond donors (Lipinski definition) is 2. The first-order valence-corrected chi connectivity index (χ1v) is 16.3. The molecule has 2 fully saturated rings. The van der Waals surface area contributed by atoms with E-state index in [2.05, 4.69) is 42.2 Å². The third kappa shape index (κ3) is 5.94. The predicted molar refractivity (Wildman–Crippen MR) is 172 cm³/mol. The topological polar surface area (TPSA) is 91.5 Å². The summed E-state index contributed by atoms with van der Waals surface area (Å²) < 4.78 is 6.84. The molecule has 3 atom stereocenters. The second-order valence-electron chi connectivity index (χ2n) is 11.4. The van der Waals surface area contributed by atoms with Gasteiger partial charge in [-0.2, -0.15) is 0 Å². The molecule has 4 aromatic rings. The van der Waals surface area contributed by atoms with Crippen LogP contribution in [0.5, 0.6) is 0 Å². The number of carboxylic acids is 1. The van der Waals surface area contributed by atoms with Gasteiger partial charge in [0.25, 0.3) is 0 Å². The SMILES string of the molecule is CC.CCC1CC(NCc2c(-c3c(C)cccc3Cl)noc2C2CC2)CC(C)N1c1nc2cc(C)c(C(=O)O)cc2s1. The summed E-state index contributed by atoms with van der Waals surface area (Å²) in [6, 6.07) is 10.6. The van der Waals surface area contributed by atoms with E-state index in [4.69, 9.17) is 21.1 Å². The van der Waals surface area contributed by atoms with Crippen LogP contribution in [-0.2, 0) is 6.54 Å². The average molecular weight is 609 g/mol.